The molecular weight excluding hydrogens is 280 g/mol. The minimum absolute atomic E-state index is 0.0166. The van der Waals surface area contributed by atoms with Crippen LogP contribution in [0.5, 0.6) is 0 Å². The molecular formula is C17H22N2O3. The molecule has 1 atom stereocenters. The van der Waals surface area contributed by atoms with Crippen LogP contribution in [0.4, 0.5) is 0 Å². The summed E-state index contributed by atoms with van der Waals surface area (Å²) >= 11 is 0. The van der Waals surface area contributed by atoms with Gasteiger partial charge in [0, 0.05) is 19.2 Å². The number of carbonyl (C=O) groups excluding carboxylic acids is 2. The number of carbonyl (C=O) groups is 2. The summed E-state index contributed by atoms with van der Waals surface area (Å²) in [6.45, 7) is 2.06. The third-order valence-electron chi connectivity index (χ3n) is 3.74. The van der Waals surface area contributed by atoms with Gasteiger partial charge in [-0.1, -0.05) is 36.4 Å². The number of hydrogen-bond acceptors (Lipinski definition) is 4. The first-order valence-corrected chi connectivity index (χ1v) is 7.51. The van der Waals surface area contributed by atoms with Gasteiger partial charge in [-0.3, -0.25) is 9.69 Å². The van der Waals surface area contributed by atoms with Crippen molar-refractivity contribution in [1.29, 1.82) is 0 Å². The molecule has 118 valence electrons. The molecule has 1 unspecified atom stereocenters. The third-order valence-corrected chi connectivity index (χ3v) is 3.74. The van der Waals surface area contributed by atoms with Crippen molar-refractivity contribution in [3.05, 3.63) is 48.0 Å². The molecule has 2 rings (SSSR count). The fourth-order valence-corrected chi connectivity index (χ4v) is 2.63. The molecule has 1 N–H and O–H groups in total. The van der Waals surface area contributed by atoms with Gasteiger partial charge in [0.25, 0.3) is 0 Å². The number of benzene rings is 1. The highest BCUT2D eigenvalue weighted by molar-refractivity contribution is 5.83. The Kier molecular flexibility index (Phi) is 6.15. The van der Waals surface area contributed by atoms with Crippen LogP contribution in [-0.2, 0) is 20.9 Å². The Morgan fingerprint density at radius 1 is 1.36 bits per heavy atom. The number of nitrogens with one attached hydrogen (secondary N) is 1. The van der Waals surface area contributed by atoms with Crippen molar-refractivity contribution in [3.8, 4) is 0 Å². The molecule has 0 saturated carbocycles. The highest BCUT2D eigenvalue weighted by Crippen LogP contribution is 2.20. The zero-order chi connectivity index (χ0) is 15.8. The number of nitrogens with zero attached hydrogens (tertiary/aromatic N) is 1. The Balaban J connectivity index is 1.83. The third kappa shape index (κ3) is 4.70. The van der Waals surface area contributed by atoms with Gasteiger partial charge < -0.3 is 10.1 Å². The van der Waals surface area contributed by atoms with Crippen LogP contribution < -0.4 is 5.32 Å². The van der Waals surface area contributed by atoms with Crippen LogP contribution >= 0.6 is 0 Å². The second-order valence-corrected chi connectivity index (χ2v) is 5.28. The highest BCUT2D eigenvalue weighted by Gasteiger charge is 2.30. The first kappa shape index (κ1) is 16.2. The predicted molar refractivity (Wildman–Crippen MR) is 84.0 cm³/mol. The molecule has 0 bridgehead atoms. The van der Waals surface area contributed by atoms with Crippen molar-refractivity contribution in [2.45, 2.75) is 25.4 Å². The van der Waals surface area contributed by atoms with E-state index in [4.69, 9.17) is 0 Å². The lowest BCUT2D eigenvalue weighted by molar-refractivity contribution is -0.135. The van der Waals surface area contributed by atoms with Crippen LogP contribution in [0.2, 0.25) is 0 Å². The van der Waals surface area contributed by atoms with Crippen LogP contribution in [0, 0.1) is 0 Å². The van der Waals surface area contributed by atoms with Gasteiger partial charge in [-0.15, -0.1) is 0 Å². The quantitative estimate of drug-likeness (QED) is 0.639. The summed E-state index contributed by atoms with van der Waals surface area (Å²) < 4.78 is 4.49. The minimum Gasteiger partial charge on any atom is -0.466 e. The number of amides is 1. The Hall–Kier alpha value is -2.14. The molecule has 1 aromatic carbocycles. The predicted octanol–water partition coefficient (Wildman–Crippen LogP) is 1.50. The lowest BCUT2D eigenvalue weighted by Gasteiger charge is -2.23. The van der Waals surface area contributed by atoms with E-state index in [9.17, 15) is 9.59 Å². The van der Waals surface area contributed by atoms with E-state index in [1.807, 2.05) is 18.2 Å². The zero-order valence-corrected chi connectivity index (χ0v) is 12.8. The molecule has 1 aromatic rings. The molecule has 5 heteroatoms. The number of hydrogen-bond donors (Lipinski definition) is 1. The Labute approximate surface area is 130 Å². The van der Waals surface area contributed by atoms with Crippen LogP contribution in [0.15, 0.2) is 42.5 Å². The SMILES string of the molecule is COC(=O)/C=C/CNC(=O)C1CCCN1Cc1ccccc1. The van der Waals surface area contributed by atoms with Crippen LogP contribution in [0.3, 0.4) is 0 Å². The lowest BCUT2D eigenvalue weighted by atomic mass is 10.1. The molecule has 0 radical (unpaired) electrons. The molecule has 1 aliphatic heterocycles. The standard InChI is InChI=1S/C17H22N2O3/c1-22-16(20)10-5-11-18-17(21)15-9-6-12-19(15)13-14-7-3-2-4-8-14/h2-5,7-8,10,15H,6,9,11-13H2,1H3,(H,18,21)/b10-5+. The summed E-state index contributed by atoms with van der Waals surface area (Å²) in [4.78, 5) is 25.4. The molecule has 0 aromatic heterocycles. The van der Waals surface area contributed by atoms with Gasteiger partial charge in [-0.25, -0.2) is 4.79 Å². The van der Waals surface area contributed by atoms with Crippen molar-refractivity contribution in [2.24, 2.45) is 0 Å². The topological polar surface area (TPSA) is 58.6 Å². The van der Waals surface area contributed by atoms with Gasteiger partial charge in [-0.2, -0.15) is 0 Å². The van der Waals surface area contributed by atoms with E-state index < -0.39 is 5.97 Å². The summed E-state index contributed by atoms with van der Waals surface area (Å²) in [6.07, 6.45) is 4.82. The Morgan fingerprint density at radius 3 is 2.86 bits per heavy atom. The van der Waals surface area contributed by atoms with Crippen molar-refractivity contribution >= 4 is 11.9 Å². The van der Waals surface area contributed by atoms with Gasteiger partial charge in [0.05, 0.1) is 13.2 Å². The summed E-state index contributed by atoms with van der Waals surface area (Å²) in [6, 6.07) is 10.1. The number of esters is 1. The Morgan fingerprint density at radius 2 is 2.14 bits per heavy atom. The van der Waals surface area contributed by atoms with E-state index in [0.717, 1.165) is 25.9 Å². The number of methoxy groups -OCH3 is 1. The number of rotatable bonds is 6. The second kappa shape index (κ2) is 8.34. The van der Waals surface area contributed by atoms with E-state index in [0.29, 0.717) is 6.54 Å². The molecule has 1 aliphatic rings. The van der Waals surface area contributed by atoms with Crippen LogP contribution in [-0.4, -0.2) is 43.0 Å². The highest BCUT2D eigenvalue weighted by atomic mass is 16.5. The summed E-state index contributed by atoms with van der Waals surface area (Å²) in [5.74, 6) is -0.399. The van der Waals surface area contributed by atoms with Crippen LogP contribution in [0.1, 0.15) is 18.4 Å². The van der Waals surface area contributed by atoms with E-state index >= 15 is 0 Å². The molecule has 5 nitrogen and oxygen atoms in total. The zero-order valence-electron chi connectivity index (χ0n) is 12.8. The monoisotopic (exact) mass is 302 g/mol. The summed E-state index contributed by atoms with van der Waals surface area (Å²) in [5.41, 5.74) is 1.22. The van der Waals surface area contributed by atoms with E-state index in [-0.39, 0.29) is 11.9 Å². The average Bonchev–Trinajstić information content (AvgIpc) is 3.00. The molecule has 1 amide bonds. The largest absolute Gasteiger partial charge is 0.466 e. The average molecular weight is 302 g/mol. The molecule has 0 spiro atoms. The molecule has 0 aliphatic carbocycles. The molecule has 22 heavy (non-hydrogen) atoms. The second-order valence-electron chi connectivity index (χ2n) is 5.28. The van der Waals surface area contributed by atoms with E-state index in [2.05, 4.69) is 27.1 Å². The Bertz CT molecular complexity index is 528. The van der Waals surface area contributed by atoms with Gasteiger partial charge in [0.15, 0.2) is 0 Å². The first-order valence-electron chi connectivity index (χ1n) is 7.51. The van der Waals surface area contributed by atoms with Gasteiger partial charge in [0.2, 0.25) is 5.91 Å². The van der Waals surface area contributed by atoms with Gasteiger partial charge >= 0.3 is 5.97 Å². The van der Waals surface area contributed by atoms with Gasteiger partial charge in [0.1, 0.15) is 0 Å². The minimum atomic E-state index is -0.416. The normalized spacial score (nSPS) is 18.5. The van der Waals surface area contributed by atoms with Crippen molar-refractivity contribution in [1.82, 2.24) is 10.2 Å². The van der Waals surface area contributed by atoms with Crippen molar-refractivity contribution in [2.75, 3.05) is 20.2 Å². The van der Waals surface area contributed by atoms with Crippen LogP contribution in [0.25, 0.3) is 0 Å². The molecule has 1 fully saturated rings. The van der Waals surface area contributed by atoms with E-state index in [1.54, 1.807) is 6.08 Å². The molecule has 1 saturated heterocycles. The number of likely N-dealkylation sites (tertiary alicyclic amines) is 1. The lowest BCUT2D eigenvalue weighted by Crippen LogP contribution is -2.42. The number of ether oxygens (including phenoxy) is 1. The van der Waals surface area contributed by atoms with Crippen molar-refractivity contribution < 1.29 is 14.3 Å². The summed E-state index contributed by atoms with van der Waals surface area (Å²) in [7, 11) is 1.32. The fraction of sp³-hybridized carbons (Fsp3) is 0.412. The van der Waals surface area contributed by atoms with Crippen molar-refractivity contribution in [3.63, 3.8) is 0 Å². The van der Waals surface area contributed by atoms with E-state index in [1.165, 1.54) is 18.7 Å². The fourth-order valence-electron chi connectivity index (χ4n) is 2.63. The maximum absolute atomic E-state index is 12.3. The van der Waals surface area contributed by atoms with Gasteiger partial charge in [-0.05, 0) is 24.9 Å². The maximum Gasteiger partial charge on any atom is 0.330 e. The first-order chi connectivity index (χ1) is 10.7. The molecule has 1 heterocycles. The maximum atomic E-state index is 12.3. The smallest absolute Gasteiger partial charge is 0.330 e. The summed E-state index contributed by atoms with van der Waals surface area (Å²) in [5, 5.41) is 2.84.